The van der Waals surface area contributed by atoms with Crippen molar-refractivity contribution in [1.29, 1.82) is 0 Å². The average Bonchev–Trinajstić information content (AvgIpc) is 2.61. The molecule has 2 aromatic carbocycles. The van der Waals surface area contributed by atoms with Crippen LogP contribution in [0, 0.1) is 5.92 Å². The van der Waals surface area contributed by atoms with Gasteiger partial charge in [-0.25, -0.2) is 0 Å². The molecule has 2 aromatic rings. The number of halogens is 1. The van der Waals surface area contributed by atoms with Crippen molar-refractivity contribution in [1.82, 2.24) is 16.2 Å². The first-order valence-corrected chi connectivity index (χ1v) is 8.90. The second-order valence-corrected chi connectivity index (χ2v) is 6.85. The van der Waals surface area contributed by atoms with E-state index in [1.165, 1.54) is 0 Å². The van der Waals surface area contributed by atoms with Crippen molar-refractivity contribution < 1.29 is 9.59 Å². The Labute approximate surface area is 156 Å². The van der Waals surface area contributed by atoms with Gasteiger partial charge in [0.15, 0.2) is 0 Å². The van der Waals surface area contributed by atoms with Crippen LogP contribution in [0.1, 0.15) is 35.8 Å². The van der Waals surface area contributed by atoms with Gasteiger partial charge in [-0.15, -0.1) is 0 Å². The molecule has 3 N–H and O–H groups in total. The summed E-state index contributed by atoms with van der Waals surface area (Å²) in [6.45, 7) is 4.29. The molecule has 0 fully saturated rings. The summed E-state index contributed by atoms with van der Waals surface area (Å²) in [6, 6.07) is 17.1. The molecule has 5 nitrogen and oxygen atoms in total. The van der Waals surface area contributed by atoms with Gasteiger partial charge >= 0.3 is 0 Å². The fraction of sp³-hybridized carbons (Fsp3) is 0.263. The summed E-state index contributed by atoms with van der Waals surface area (Å²) in [5, 5.41) is 3.24. The highest BCUT2D eigenvalue weighted by Gasteiger charge is 2.16. The third kappa shape index (κ3) is 5.69. The lowest BCUT2D eigenvalue weighted by Crippen LogP contribution is -2.46. The quantitative estimate of drug-likeness (QED) is 0.648. The molecule has 0 aliphatic heterocycles. The topological polar surface area (TPSA) is 70.2 Å². The van der Waals surface area contributed by atoms with Crippen molar-refractivity contribution in [2.24, 2.45) is 5.92 Å². The van der Waals surface area contributed by atoms with E-state index in [0.717, 1.165) is 5.56 Å². The Hall–Kier alpha value is -2.18. The van der Waals surface area contributed by atoms with Crippen LogP contribution in [0.5, 0.6) is 0 Å². The zero-order chi connectivity index (χ0) is 18.2. The van der Waals surface area contributed by atoms with Gasteiger partial charge in [0, 0.05) is 10.5 Å². The van der Waals surface area contributed by atoms with Crippen LogP contribution in [0.4, 0.5) is 0 Å². The second-order valence-electron chi connectivity index (χ2n) is 6.00. The molecule has 2 amide bonds. The zero-order valence-electron chi connectivity index (χ0n) is 14.3. The van der Waals surface area contributed by atoms with E-state index < -0.39 is 0 Å². The lowest BCUT2D eigenvalue weighted by atomic mass is 9.96. The highest BCUT2D eigenvalue weighted by Crippen LogP contribution is 2.20. The molecule has 0 saturated heterocycles. The summed E-state index contributed by atoms with van der Waals surface area (Å²) in [5.74, 6) is -0.351. The monoisotopic (exact) mass is 403 g/mol. The SMILES string of the molecule is CC(C)[C@@H](NCC(=O)NNC(=O)c1ccccc1Br)c1ccccc1. The smallest absolute Gasteiger partial charge is 0.270 e. The van der Waals surface area contributed by atoms with E-state index >= 15 is 0 Å². The summed E-state index contributed by atoms with van der Waals surface area (Å²) in [5.41, 5.74) is 6.44. The van der Waals surface area contributed by atoms with Crippen molar-refractivity contribution in [2.75, 3.05) is 6.54 Å². The largest absolute Gasteiger partial charge is 0.301 e. The van der Waals surface area contributed by atoms with Crippen molar-refractivity contribution >= 4 is 27.7 Å². The van der Waals surface area contributed by atoms with Crippen LogP contribution in [0.15, 0.2) is 59.1 Å². The standard InChI is InChI=1S/C19H22BrN3O2/c1-13(2)18(14-8-4-3-5-9-14)21-12-17(24)22-23-19(25)15-10-6-7-11-16(15)20/h3-11,13,18,21H,12H2,1-2H3,(H,22,24)(H,23,25)/t18-/m1/s1. The Bertz CT molecular complexity index is 720. The molecular weight excluding hydrogens is 382 g/mol. The lowest BCUT2D eigenvalue weighted by molar-refractivity contribution is -0.121. The molecule has 0 spiro atoms. The maximum Gasteiger partial charge on any atom is 0.270 e. The van der Waals surface area contributed by atoms with Crippen LogP contribution in [-0.4, -0.2) is 18.4 Å². The molecule has 25 heavy (non-hydrogen) atoms. The summed E-state index contributed by atoms with van der Waals surface area (Å²) in [4.78, 5) is 24.1. The van der Waals surface area contributed by atoms with Crippen molar-refractivity contribution in [3.05, 3.63) is 70.2 Å². The molecule has 0 radical (unpaired) electrons. The molecule has 2 rings (SSSR count). The second kappa shape index (κ2) is 9.34. The summed E-state index contributed by atoms with van der Waals surface area (Å²) >= 11 is 3.31. The third-order valence-corrected chi connectivity index (χ3v) is 4.43. The van der Waals surface area contributed by atoms with E-state index in [2.05, 4.69) is 45.9 Å². The van der Waals surface area contributed by atoms with Crippen LogP contribution in [0.25, 0.3) is 0 Å². The molecule has 0 aromatic heterocycles. The van der Waals surface area contributed by atoms with Gasteiger partial charge in [0.25, 0.3) is 11.8 Å². The first kappa shape index (κ1) is 19.1. The number of carbonyl (C=O) groups is 2. The van der Waals surface area contributed by atoms with Gasteiger partial charge in [0.2, 0.25) is 0 Å². The molecule has 132 valence electrons. The number of hydrogen-bond acceptors (Lipinski definition) is 3. The fourth-order valence-electron chi connectivity index (χ4n) is 2.48. The van der Waals surface area contributed by atoms with Gasteiger partial charge in [-0.05, 0) is 39.5 Å². The molecule has 6 heteroatoms. The van der Waals surface area contributed by atoms with Crippen molar-refractivity contribution in [3.8, 4) is 0 Å². The average molecular weight is 404 g/mol. The molecule has 0 aliphatic carbocycles. The van der Waals surface area contributed by atoms with Crippen LogP contribution >= 0.6 is 15.9 Å². The first-order valence-electron chi connectivity index (χ1n) is 8.11. The van der Waals surface area contributed by atoms with E-state index in [1.54, 1.807) is 18.2 Å². The highest BCUT2D eigenvalue weighted by atomic mass is 79.9. The summed E-state index contributed by atoms with van der Waals surface area (Å²) < 4.78 is 0.670. The van der Waals surface area contributed by atoms with Crippen LogP contribution in [0.3, 0.4) is 0 Å². The minimum atomic E-state index is -0.371. The molecule has 0 heterocycles. The highest BCUT2D eigenvalue weighted by molar-refractivity contribution is 9.10. The molecule has 1 atom stereocenters. The Morgan fingerprint density at radius 1 is 0.960 bits per heavy atom. The molecule has 0 aliphatic rings. The van der Waals surface area contributed by atoms with E-state index in [9.17, 15) is 9.59 Å². The first-order chi connectivity index (χ1) is 12.0. The Kier molecular flexibility index (Phi) is 7.16. The van der Waals surface area contributed by atoms with E-state index in [1.807, 2.05) is 36.4 Å². The van der Waals surface area contributed by atoms with Gasteiger partial charge in [-0.2, -0.15) is 0 Å². The third-order valence-electron chi connectivity index (χ3n) is 3.74. The predicted molar refractivity (Wildman–Crippen MR) is 102 cm³/mol. The van der Waals surface area contributed by atoms with Gasteiger partial charge in [-0.3, -0.25) is 20.4 Å². The zero-order valence-corrected chi connectivity index (χ0v) is 15.8. The fourth-order valence-corrected chi connectivity index (χ4v) is 2.95. The van der Waals surface area contributed by atoms with Gasteiger partial charge in [0.05, 0.1) is 12.1 Å². The van der Waals surface area contributed by atoms with Crippen molar-refractivity contribution in [2.45, 2.75) is 19.9 Å². The number of benzene rings is 2. The summed E-state index contributed by atoms with van der Waals surface area (Å²) in [7, 11) is 0. The normalized spacial score (nSPS) is 11.8. The van der Waals surface area contributed by atoms with Crippen LogP contribution in [0.2, 0.25) is 0 Å². The Balaban J connectivity index is 1.85. The number of hydrogen-bond donors (Lipinski definition) is 3. The molecular formula is C19H22BrN3O2. The minimum Gasteiger partial charge on any atom is -0.301 e. The van der Waals surface area contributed by atoms with Crippen LogP contribution in [-0.2, 0) is 4.79 Å². The lowest BCUT2D eigenvalue weighted by Gasteiger charge is -2.22. The van der Waals surface area contributed by atoms with Crippen molar-refractivity contribution in [3.63, 3.8) is 0 Å². The summed E-state index contributed by atoms with van der Waals surface area (Å²) in [6.07, 6.45) is 0. The Morgan fingerprint density at radius 2 is 1.60 bits per heavy atom. The van der Waals surface area contributed by atoms with E-state index in [-0.39, 0.29) is 24.4 Å². The Morgan fingerprint density at radius 3 is 2.24 bits per heavy atom. The maximum absolute atomic E-state index is 12.1. The van der Waals surface area contributed by atoms with Crippen LogP contribution < -0.4 is 16.2 Å². The molecule has 0 saturated carbocycles. The molecule has 0 bridgehead atoms. The maximum atomic E-state index is 12.1. The minimum absolute atomic E-state index is 0.0610. The predicted octanol–water partition coefficient (Wildman–Crippen LogP) is 3.20. The van der Waals surface area contributed by atoms with Gasteiger partial charge in [-0.1, -0.05) is 56.3 Å². The number of carbonyl (C=O) groups excluding carboxylic acids is 2. The van der Waals surface area contributed by atoms with Gasteiger partial charge < -0.3 is 5.32 Å². The van der Waals surface area contributed by atoms with E-state index in [4.69, 9.17) is 0 Å². The number of nitrogens with one attached hydrogen (secondary N) is 3. The number of amides is 2. The number of rotatable bonds is 6. The van der Waals surface area contributed by atoms with Gasteiger partial charge in [0.1, 0.15) is 0 Å². The molecule has 0 unspecified atom stereocenters. The van der Waals surface area contributed by atoms with E-state index in [0.29, 0.717) is 16.0 Å². The number of hydrazine groups is 1.